The quantitative estimate of drug-likeness (QED) is 0.310. The van der Waals surface area contributed by atoms with Crippen LogP contribution in [0.5, 0.6) is 0 Å². The van der Waals surface area contributed by atoms with Gasteiger partial charge in [-0.05, 0) is 29.7 Å². The lowest BCUT2D eigenvalue weighted by molar-refractivity contribution is -0.132. The summed E-state index contributed by atoms with van der Waals surface area (Å²) in [6.07, 6.45) is 7.00. The van der Waals surface area contributed by atoms with Crippen LogP contribution < -0.4 is 11.5 Å². The highest BCUT2D eigenvalue weighted by Crippen LogP contribution is 2.32. The Morgan fingerprint density at radius 1 is 1.38 bits per heavy atom. The Labute approximate surface area is 156 Å². The van der Waals surface area contributed by atoms with Gasteiger partial charge in [0, 0.05) is 17.0 Å². The number of aromatic nitrogens is 1. The lowest BCUT2D eigenvalue weighted by Crippen LogP contribution is -2.22. The minimum Gasteiger partial charge on any atom is -0.478 e. The second-order valence-corrected chi connectivity index (χ2v) is 5.81. The van der Waals surface area contributed by atoms with Gasteiger partial charge in [0.05, 0.1) is 10.6 Å². The molecular weight excluding hydrogens is 352 g/mol. The maximum Gasteiger partial charge on any atom is 0.335 e. The van der Waals surface area contributed by atoms with Gasteiger partial charge >= 0.3 is 5.97 Å². The Morgan fingerprint density at radius 3 is 2.69 bits per heavy atom. The van der Waals surface area contributed by atoms with Crippen molar-refractivity contribution in [2.45, 2.75) is 13.3 Å². The summed E-state index contributed by atoms with van der Waals surface area (Å²) in [5.74, 6) is -0.822. The molecule has 0 atom stereocenters. The molecular formula is C19H19ClN4O2. The largest absolute Gasteiger partial charge is 0.478 e. The first kappa shape index (κ1) is 19.2. The second kappa shape index (κ2) is 8.31. The summed E-state index contributed by atoms with van der Waals surface area (Å²) in [5.41, 5.74) is 12.6. The molecule has 26 heavy (non-hydrogen) atoms. The van der Waals surface area contributed by atoms with Crippen LogP contribution in [0.4, 0.5) is 5.82 Å². The number of aliphatic carboxylic acids is 1. The predicted octanol–water partition coefficient (Wildman–Crippen LogP) is 3.78. The number of benzene rings is 1. The number of hydrogen-bond acceptors (Lipinski definition) is 3. The van der Waals surface area contributed by atoms with E-state index in [0.29, 0.717) is 16.2 Å². The molecule has 0 unspecified atom stereocenters. The van der Waals surface area contributed by atoms with Gasteiger partial charge in [-0.25, -0.2) is 9.78 Å². The van der Waals surface area contributed by atoms with Gasteiger partial charge in [-0.3, -0.25) is 0 Å². The summed E-state index contributed by atoms with van der Waals surface area (Å²) in [5, 5.41) is 11.1. The number of nitrogens with two attached hydrogens (primary N) is 2. The number of aliphatic imine (C=N–C) groups is 1. The molecule has 0 aliphatic carbocycles. The van der Waals surface area contributed by atoms with Crippen molar-refractivity contribution in [3.05, 3.63) is 65.4 Å². The van der Waals surface area contributed by atoms with E-state index in [4.69, 9.17) is 23.1 Å². The van der Waals surface area contributed by atoms with Gasteiger partial charge < -0.3 is 16.6 Å². The lowest BCUT2D eigenvalue weighted by atomic mass is 9.99. The summed E-state index contributed by atoms with van der Waals surface area (Å²) in [6, 6.07) is 5.51. The number of fused-ring (bicyclic) bond motifs is 1. The number of carboxylic acids is 1. The smallest absolute Gasteiger partial charge is 0.335 e. The molecule has 1 aromatic heterocycles. The highest BCUT2D eigenvalue weighted by Gasteiger charge is 2.10. The Balaban J connectivity index is 2.72. The maximum atomic E-state index is 11.3. The van der Waals surface area contributed by atoms with Crippen molar-refractivity contribution in [3.63, 3.8) is 0 Å². The van der Waals surface area contributed by atoms with Crippen LogP contribution in [0.1, 0.15) is 18.9 Å². The number of halogens is 1. The minimum atomic E-state index is -1.05. The molecule has 0 spiro atoms. The highest BCUT2D eigenvalue weighted by molar-refractivity contribution is 6.35. The zero-order valence-electron chi connectivity index (χ0n) is 14.2. The van der Waals surface area contributed by atoms with Crippen LogP contribution in [-0.4, -0.2) is 22.0 Å². The van der Waals surface area contributed by atoms with E-state index in [-0.39, 0.29) is 11.5 Å². The fraction of sp³-hybridized carbons (Fsp3) is 0.105. The Kier molecular flexibility index (Phi) is 6.14. The SMILES string of the molecule is C=C/C(=C\C(=C/CC)c1ccc2c(Cl)cnc(N=C(N)N)c2c1)C(=O)O. The molecule has 0 aliphatic rings. The number of guanidine groups is 1. The number of hydrogen-bond donors (Lipinski definition) is 3. The van der Waals surface area contributed by atoms with E-state index in [9.17, 15) is 9.90 Å². The van der Waals surface area contributed by atoms with E-state index >= 15 is 0 Å². The number of nitrogens with zero attached hydrogens (tertiary/aromatic N) is 2. The molecule has 0 saturated carbocycles. The summed E-state index contributed by atoms with van der Waals surface area (Å²) < 4.78 is 0. The topological polar surface area (TPSA) is 115 Å². The molecule has 2 aromatic rings. The number of rotatable bonds is 6. The van der Waals surface area contributed by atoms with Crippen molar-refractivity contribution in [3.8, 4) is 0 Å². The Hall–Kier alpha value is -3.12. The van der Waals surface area contributed by atoms with E-state index in [2.05, 4.69) is 16.6 Å². The third-order valence-corrected chi connectivity index (χ3v) is 3.89. The first-order valence-electron chi connectivity index (χ1n) is 7.83. The van der Waals surface area contributed by atoms with Crippen LogP contribution in [0.15, 0.2) is 59.8 Å². The molecule has 1 aromatic carbocycles. The van der Waals surface area contributed by atoms with Crippen LogP contribution in [0.25, 0.3) is 16.3 Å². The first-order chi connectivity index (χ1) is 12.4. The average molecular weight is 371 g/mol. The third kappa shape index (κ3) is 4.29. The van der Waals surface area contributed by atoms with Gasteiger partial charge in [-0.2, -0.15) is 4.99 Å². The van der Waals surface area contributed by atoms with Crippen LogP contribution >= 0.6 is 11.6 Å². The summed E-state index contributed by atoms with van der Waals surface area (Å²) in [7, 11) is 0. The molecule has 0 aliphatic heterocycles. The van der Waals surface area contributed by atoms with Crippen LogP contribution in [-0.2, 0) is 4.79 Å². The normalized spacial score (nSPS) is 12.1. The van der Waals surface area contributed by atoms with Crippen molar-refractivity contribution in [2.24, 2.45) is 16.5 Å². The van der Waals surface area contributed by atoms with Crippen LogP contribution in [0.2, 0.25) is 5.02 Å². The molecule has 1 heterocycles. The fourth-order valence-corrected chi connectivity index (χ4v) is 2.65. The van der Waals surface area contributed by atoms with Crippen LogP contribution in [0, 0.1) is 0 Å². The van der Waals surface area contributed by atoms with Crippen molar-refractivity contribution >= 4 is 45.7 Å². The van der Waals surface area contributed by atoms with Crippen molar-refractivity contribution in [1.82, 2.24) is 4.98 Å². The van der Waals surface area contributed by atoms with Gasteiger partial charge in [0.1, 0.15) is 0 Å². The first-order valence-corrected chi connectivity index (χ1v) is 8.21. The van der Waals surface area contributed by atoms with Gasteiger partial charge in [0.15, 0.2) is 11.8 Å². The number of allylic oxidation sites excluding steroid dienone is 3. The van der Waals surface area contributed by atoms with Gasteiger partial charge in [0.25, 0.3) is 0 Å². The molecule has 0 radical (unpaired) electrons. The van der Waals surface area contributed by atoms with Crippen molar-refractivity contribution in [2.75, 3.05) is 0 Å². The number of carbonyl (C=O) groups is 1. The number of carboxylic acid groups (broad SMARTS) is 1. The zero-order chi connectivity index (χ0) is 19.3. The average Bonchev–Trinajstić information content (AvgIpc) is 2.60. The molecule has 134 valence electrons. The molecule has 0 bridgehead atoms. The van der Waals surface area contributed by atoms with Gasteiger partial charge in [-0.15, -0.1) is 0 Å². The Bertz CT molecular complexity index is 957. The van der Waals surface area contributed by atoms with Crippen molar-refractivity contribution in [1.29, 1.82) is 0 Å². The summed E-state index contributed by atoms with van der Waals surface area (Å²) in [6.45, 7) is 5.51. The molecule has 5 N–H and O–H groups in total. The highest BCUT2D eigenvalue weighted by atomic mass is 35.5. The molecule has 0 saturated heterocycles. The Morgan fingerprint density at radius 2 is 2.12 bits per heavy atom. The molecule has 6 nitrogen and oxygen atoms in total. The summed E-state index contributed by atoms with van der Waals surface area (Å²) >= 11 is 6.22. The predicted molar refractivity (Wildman–Crippen MR) is 106 cm³/mol. The lowest BCUT2D eigenvalue weighted by Gasteiger charge is -2.09. The van der Waals surface area contributed by atoms with E-state index in [0.717, 1.165) is 22.9 Å². The van der Waals surface area contributed by atoms with E-state index in [1.54, 1.807) is 6.08 Å². The van der Waals surface area contributed by atoms with Gasteiger partial charge in [-0.1, -0.05) is 49.4 Å². The standard InChI is InChI=1S/C19H19ClN4O2/c1-3-5-12(8-11(4-2)18(25)26)13-6-7-14-15(9-13)17(24-19(21)22)23-10-16(14)20/h4-10H,2-3H2,1H3,(H,25,26)(H4,21,22,23,24)/b11-8+,12-5+. The van der Waals surface area contributed by atoms with E-state index < -0.39 is 5.97 Å². The van der Waals surface area contributed by atoms with Gasteiger partial charge in [0.2, 0.25) is 0 Å². The number of pyridine rings is 1. The zero-order valence-corrected chi connectivity index (χ0v) is 15.0. The van der Waals surface area contributed by atoms with E-state index in [1.807, 2.05) is 31.2 Å². The fourth-order valence-electron chi connectivity index (χ4n) is 2.44. The minimum absolute atomic E-state index is 0.0958. The second-order valence-electron chi connectivity index (χ2n) is 5.40. The molecule has 2 rings (SSSR count). The molecule has 0 amide bonds. The molecule has 7 heteroatoms. The van der Waals surface area contributed by atoms with E-state index in [1.165, 1.54) is 12.3 Å². The van der Waals surface area contributed by atoms with Crippen LogP contribution in [0.3, 0.4) is 0 Å². The van der Waals surface area contributed by atoms with Crippen molar-refractivity contribution < 1.29 is 9.90 Å². The third-order valence-electron chi connectivity index (χ3n) is 3.59. The maximum absolute atomic E-state index is 11.3. The summed E-state index contributed by atoms with van der Waals surface area (Å²) in [4.78, 5) is 19.5. The molecule has 0 fully saturated rings. The monoisotopic (exact) mass is 370 g/mol.